The summed E-state index contributed by atoms with van der Waals surface area (Å²) in [5.74, 6) is -0.385. The third kappa shape index (κ3) is 2.10. The summed E-state index contributed by atoms with van der Waals surface area (Å²) < 4.78 is 14.2. The third-order valence-electron chi connectivity index (χ3n) is 4.19. The number of halogens is 1. The van der Waals surface area contributed by atoms with E-state index >= 15 is 0 Å². The van der Waals surface area contributed by atoms with E-state index in [1.807, 2.05) is 29.2 Å². The summed E-state index contributed by atoms with van der Waals surface area (Å²) in [5, 5.41) is 12.3. The lowest BCUT2D eigenvalue weighted by Gasteiger charge is -2.28. The van der Waals surface area contributed by atoms with E-state index in [4.69, 9.17) is 0 Å². The van der Waals surface area contributed by atoms with Crippen LogP contribution in [0.5, 0.6) is 0 Å². The number of allylic oxidation sites excluding steroid dienone is 1. The molecule has 2 N–H and O–H groups in total. The first-order valence-electron chi connectivity index (χ1n) is 7.36. The molecule has 0 atom stereocenters. The van der Waals surface area contributed by atoms with Crippen LogP contribution in [0.4, 0.5) is 4.39 Å². The van der Waals surface area contributed by atoms with Gasteiger partial charge in [0.1, 0.15) is 11.7 Å². The van der Waals surface area contributed by atoms with Crippen molar-refractivity contribution in [1.82, 2.24) is 10.2 Å². The van der Waals surface area contributed by atoms with Gasteiger partial charge in [0, 0.05) is 36.5 Å². The second kappa shape index (κ2) is 5.17. The predicted octanol–water partition coefficient (Wildman–Crippen LogP) is 1.72. The highest BCUT2D eigenvalue weighted by Crippen LogP contribution is 2.37. The molecular weight excluding hydrogens is 297 g/mol. The molecule has 5 nitrogen and oxygen atoms in total. The van der Waals surface area contributed by atoms with Gasteiger partial charge >= 0.3 is 0 Å². The highest BCUT2D eigenvalue weighted by molar-refractivity contribution is 6.04. The Hall–Kier alpha value is -2.73. The Morgan fingerprint density at radius 2 is 2.17 bits per heavy atom. The smallest absolute Gasteiger partial charge is 0.251 e. The lowest BCUT2D eigenvalue weighted by Crippen LogP contribution is -2.32. The Labute approximate surface area is 132 Å². The second-order valence-corrected chi connectivity index (χ2v) is 5.52. The first-order valence-corrected chi connectivity index (χ1v) is 7.36. The number of hydrogen-bond acceptors (Lipinski definition) is 4. The number of benzene rings is 1. The van der Waals surface area contributed by atoms with Crippen molar-refractivity contribution < 1.29 is 14.3 Å². The molecular formula is C17H14FN3O2. The first kappa shape index (κ1) is 13.9. The van der Waals surface area contributed by atoms with Gasteiger partial charge < -0.3 is 15.3 Å². The second-order valence-electron chi connectivity index (χ2n) is 5.52. The fourth-order valence-electron chi connectivity index (χ4n) is 3.16. The Kier molecular flexibility index (Phi) is 3.12. The van der Waals surface area contributed by atoms with E-state index in [1.54, 1.807) is 0 Å². The van der Waals surface area contributed by atoms with Crippen LogP contribution in [0.3, 0.4) is 0 Å². The average molecular weight is 311 g/mol. The van der Waals surface area contributed by atoms with Gasteiger partial charge in [0.05, 0.1) is 17.9 Å². The fourth-order valence-corrected chi connectivity index (χ4v) is 3.16. The van der Waals surface area contributed by atoms with Crippen LogP contribution in [0.2, 0.25) is 0 Å². The van der Waals surface area contributed by atoms with Crippen molar-refractivity contribution in [1.29, 1.82) is 0 Å². The van der Waals surface area contributed by atoms with Gasteiger partial charge in [0.2, 0.25) is 0 Å². The number of nitrogens with one attached hydrogen (secondary N) is 1. The minimum atomic E-state index is -0.586. The number of rotatable bonds is 2. The Morgan fingerprint density at radius 1 is 1.35 bits per heavy atom. The van der Waals surface area contributed by atoms with Crippen LogP contribution in [-0.2, 0) is 11.4 Å². The molecule has 3 aliphatic heterocycles. The van der Waals surface area contributed by atoms with Gasteiger partial charge in [-0.25, -0.2) is 9.38 Å². The summed E-state index contributed by atoms with van der Waals surface area (Å²) in [6.45, 7) is 0.505. The third-order valence-corrected chi connectivity index (χ3v) is 4.19. The van der Waals surface area contributed by atoms with Crippen molar-refractivity contribution in [3.05, 3.63) is 70.5 Å². The van der Waals surface area contributed by atoms with Crippen molar-refractivity contribution in [2.24, 2.45) is 4.99 Å². The van der Waals surface area contributed by atoms with E-state index in [-0.39, 0.29) is 6.61 Å². The molecule has 0 radical (unpaired) electrons. The van der Waals surface area contributed by atoms with Crippen LogP contribution >= 0.6 is 0 Å². The molecule has 3 aliphatic rings. The number of aliphatic hydroxyl groups is 1. The van der Waals surface area contributed by atoms with Crippen LogP contribution < -0.4 is 5.32 Å². The lowest BCUT2D eigenvalue weighted by atomic mass is 10.0. The molecule has 0 unspecified atom stereocenters. The van der Waals surface area contributed by atoms with E-state index in [2.05, 4.69) is 10.3 Å². The molecule has 116 valence electrons. The fraction of sp³-hybridized carbons (Fsp3) is 0.176. The SMILES string of the molecule is O=C1C=C(F)C2=CN=C(c3ccccc3CO)N3CCC(=C23)N1. The van der Waals surface area contributed by atoms with Gasteiger partial charge in [0.25, 0.3) is 5.91 Å². The van der Waals surface area contributed by atoms with Crippen molar-refractivity contribution in [2.45, 2.75) is 13.0 Å². The quantitative estimate of drug-likeness (QED) is 0.874. The molecule has 0 spiro atoms. The molecule has 0 saturated carbocycles. The summed E-state index contributed by atoms with van der Waals surface area (Å²) in [4.78, 5) is 18.0. The molecule has 23 heavy (non-hydrogen) atoms. The summed E-state index contributed by atoms with van der Waals surface area (Å²) in [5.41, 5.74) is 3.24. The predicted molar refractivity (Wildman–Crippen MR) is 82.7 cm³/mol. The van der Waals surface area contributed by atoms with Gasteiger partial charge in [-0.1, -0.05) is 24.3 Å². The van der Waals surface area contributed by atoms with Gasteiger partial charge in [-0.2, -0.15) is 0 Å². The molecule has 1 aromatic rings. The van der Waals surface area contributed by atoms with Gasteiger partial charge in [-0.3, -0.25) is 4.79 Å². The maximum atomic E-state index is 14.2. The monoisotopic (exact) mass is 311 g/mol. The van der Waals surface area contributed by atoms with Crippen LogP contribution in [0.15, 0.2) is 64.3 Å². The topological polar surface area (TPSA) is 64.9 Å². The zero-order valence-electron chi connectivity index (χ0n) is 12.2. The summed E-state index contributed by atoms with van der Waals surface area (Å²) >= 11 is 0. The van der Waals surface area contributed by atoms with E-state index in [1.165, 1.54) is 6.20 Å². The molecule has 4 rings (SSSR count). The average Bonchev–Trinajstić information content (AvgIpc) is 2.92. The Morgan fingerprint density at radius 3 is 3.00 bits per heavy atom. The van der Waals surface area contributed by atoms with Crippen molar-refractivity contribution in [2.75, 3.05) is 6.54 Å². The number of hydrogen-bond donors (Lipinski definition) is 2. The Balaban J connectivity index is 1.88. The summed E-state index contributed by atoms with van der Waals surface area (Å²) in [6, 6.07) is 7.43. The van der Waals surface area contributed by atoms with E-state index in [0.29, 0.717) is 35.8 Å². The zero-order chi connectivity index (χ0) is 16.0. The lowest BCUT2D eigenvalue weighted by molar-refractivity contribution is -0.115. The molecule has 1 amide bonds. The number of aliphatic imine (C=N–C) groups is 1. The number of carbonyl (C=O) groups excluding carboxylic acids is 1. The summed E-state index contributed by atoms with van der Waals surface area (Å²) in [7, 11) is 0. The summed E-state index contributed by atoms with van der Waals surface area (Å²) in [6.07, 6.45) is 3.01. The van der Waals surface area contributed by atoms with E-state index in [9.17, 15) is 14.3 Å². The minimum Gasteiger partial charge on any atom is -0.392 e. The van der Waals surface area contributed by atoms with Gasteiger partial charge in [-0.15, -0.1) is 0 Å². The van der Waals surface area contributed by atoms with Crippen LogP contribution in [-0.4, -0.2) is 28.3 Å². The van der Waals surface area contributed by atoms with Gasteiger partial charge in [-0.05, 0) is 5.56 Å². The Bertz CT molecular complexity index is 836. The molecule has 0 aromatic heterocycles. The number of amidine groups is 1. The molecule has 0 saturated heterocycles. The highest BCUT2D eigenvalue weighted by Gasteiger charge is 2.36. The van der Waals surface area contributed by atoms with Crippen LogP contribution in [0.25, 0.3) is 0 Å². The zero-order valence-corrected chi connectivity index (χ0v) is 12.2. The number of aliphatic hydroxyl groups excluding tert-OH is 1. The standard InChI is InChI=1S/C17H14FN3O2/c18-13-7-15(23)20-14-5-6-21-16(14)12(13)8-19-17(21)11-4-2-1-3-10(11)9-22/h1-4,7-8,22H,5-6,9H2,(H,20,23). The molecule has 0 fully saturated rings. The number of carbonyl (C=O) groups is 1. The van der Waals surface area contributed by atoms with E-state index < -0.39 is 11.7 Å². The maximum Gasteiger partial charge on any atom is 0.251 e. The van der Waals surface area contributed by atoms with E-state index in [0.717, 1.165) is 17.2 Å². The highest BCUT2D eigenvalue weighted by atomic mass is 19.1. The largest absolute Gasteiger partial charge is 0.392 e. The number of nitrogens with zero attached hydrogens (tertiary/aromatic N) is 2. The molecule has 3 heterocycles. The first-order chi connectivity index (χ1) is 11.2. The number of amides is 1. The molecule has 1 aromatic carbocycles. The molecule has 6 heteroatoms. The van der Waals surface area contributed by atoms with Crippen LogP contribution in [0.1, 0.15) is 17.5 Å². The normalized spacial score (nSPS) is 19.7. The maximum absolute atomic E-state index is 14.2. The molecule has 0 aliphatic carbocycles. The van der Waals surface area contributed by atoms with Crippen molar-refractivity contribution in [3.63, 3.8) is 0 Å². The molecule has 0 bridgehead atoms. The van der Waals surface area contributed by atoms with Crippen molar-refractivity contribution >= 4 is 11.7 Å². The van der Waals surface area contributed by atoms with Crippen LogP contribution in [0, 0.1) is 0 Å². The minimum absolute atomic E-state index is 0.101. The van der Waals surface area contributed by atoms with Crippen molar-refractivity contribution in [3.8, 4) is 0 Å². The van der Waals surface area contributed by atoms with Gasteiger partial charge in [0.15, 0.2) is 0 Å².